The van der Waals surface area contributed by atoms with E-state index in [4.69, 9.17) is 0 Å². The molecule has 0 unspecified atom stereocenters. The fraction of sp³-hybridized carbons (Fsp3) is 0.174. The number of rotatable bonds is 7. The number of hydrogen-bond acceptors (Lipinski definition) is 4. The van der Waals surface area contributed by atoms with Gasteiger partial charge in [-0.2, -0.15) is 17.9 Å². The van der Waals surface area contributed by atoms with Gasteiger partial charge in [-0.25, -0.2) is 8.42 Å². The summed E-state index contributed by atoms with van der Waals surface area (Å²) in [5.41, 5.74) is 1.19. The number of nitrogens with one attached hydrogen (secondary N) is 1. The lowest BCUT2D eigenvalue weighted by molar-refractivity contribution is -0.139. The van der Waals surface area contributed by atoms with Crippen LogP contribution in [-0.2, 0) is 34.5 Å². The summed E-state index contributed by atoms with van der Waals surface area (Å²) in [4.78, 5) is 12.3. The van der Waals surface area contributed by atoms with Crippen LogP contribution in [0.5, 0.6) is 0 Å². The van der Waals surface area contributed by atoms with Gasteiger partial charge >= 0.3 is 12.1 Å². The lowest BCUT2D eigenvalue weighted by Crippen LogP contribution is -2.42. The van der Waals surface area contributed by atoms with Gasteiger partial charge < -0.3 is 9.67 Å². The molecule has 0 saturated heterocycles. The van der Waals surface area contributed by atoms with Crippen LogP contribution in [-0.4, -0.2) is 30.1 Å². The number of fused-ring (bicyclic) bond motifs is 1. The summed E-state index contributed by atoms with van der Waals surface area (Å²) in [6.45, 7) is 0. The Labute approximate surface area is 197 Å². The molecule has 2 N–H and O–H groups in total. The van der Waals surface area contributed by atoms with Gasteiger partial charge in [0.05, 0.1) is 5.56 Å². The highest BCUT2D eigenvalue weighted by molar-refractivity contribution is 7.91. The molecule has 0 saturated carbocycles. The first-order valence-corrected chi connectivity index (χ1v) is 12.3. The monoisotopic (exact) mass is 508 g/mol. The third-order valence-electron chi connectivity index (χ3n) is 5.34. The van der Waals surface area contributed by atoms with E-state index in [1.165, 1.54) is 24.3 Å². The predicted octanol–water partition coefficient (Wildman–Crippen LogP) is 4.90. The smallest absolute Gasteiger partial charge is 0.416 e. The van der Waals surface area contributed by atoms with Gasteiger partial charge in [-0.15, -0.1) is 11.3 Å². The number of hydrogen-bond donors (Lipinski definition) is 2. The minimum absolute atomic E-state index is 0.0624. The molecule has 0 aliphatic carbocycles. The van der Waals surface area contributed by atoms with E-state index in [0.29, 0.717) is 16.0 Å². The van der Waals surface area contributed by atoms with Crippen LogP contribution in [0.4, 0.5) is 13.2 Å². The molecule has 34 heavy (non-hydrogen) atoms. The van der Waals surface area contributed by atoms with Crippen molar-refractivity contribution in [1.29, 1.82) is 0 Å². The van der Waals surface area contributed by atoms with E-state index < -0.39 is 33.8 Å². The molecule has 2 aromatic carbocycles. The third kappa shape index (κ3) is 4.86. The van der Waals surface area contributed by atoms with Gasteiger partial charge in [0, 0.05) is 35.4 Å². The molecule has 0 radical (unpaired) electrons. The Kier molecular flexibility index (Phi) is 6.28. The molecule has 4 rings (SSSR count). The highest BCUT2D eigenvalue weighted by Gasteiger charge is 2.30. The van der Waals surface area contributed by atoms with E-state index in [9.17, 15) is 31.5 Å². The SMILES string of the molecule is Cn1cc(C[C@H](NS(=O)(=O)c2ccc(-c3ccc(C(F)(F)F)cc3)s2)C(=O)O)c2ccccc21. The number of aromatic nitrogens is 1. The minimum atomic E-state index is -4.47. The van der Waals surface area contributed by atoms with Crippen molar-refractivity contribution in [3.8, 4) is 10.4 Å². The summed E-state index contributed by atoms with van der Waals surface area (Å²) >= 11 is 0.844. The van der Waals surface area contributed by atoms with Gasteiger partial charge in [-0.1, -0.05) is 30.3 Å². The summed E-state index contributed by atoms with van der Waals surface area (Å²) in [7, 11) is -2.37. The van der Waals surface area contributed by atoms with Crippen LogP contribution in [0, 0.1) is 0 Å². The van der Waals surface area contributed by atoms with Crippen LogP contribution in [0.1, 0.15) is 11.1 Å². The first-order chi connectivity index (χ1) is 16.0. The Balaban J connectivity index is 1.56. The van der Waals surface area contributed by atoms with Crippen molar-refractivity contribution in [3.63, 3.8) is 0 Å². The number of aryl methyl sites for hydroxylation is 1. The summed E-state index contributed by atoms with van der Waals surface area (Å²) in [5.74, 6) is -1.32. The molecule has 4 aromatic rings. The minimum Gasteiger partial charge on any atom is -0.480 e. The molecule has 0 amide bonds. The Hall–Kier alpha value is -3.15. The lowest BCUT2D eigenvalue weighted by atomic mass is 10.1. The Morgan fingerprint density at radius 2 is 1.76 bits per heavy atom. The topological polar surface area (TPSA) is 88.4 Å². The van der Waals surface area contributed by atoms with Gasteiger partial charge in [0.2, 0.25) is 0 Å². The number of alkyl halides is 3. The van der Waals surface area contributed by atoms with Crippen LogP contribution in [0.15, 0.2) is 71.1 Å². The van der Waals surface area contributed by atoms with Gasteiger partial charge in [0.25, 0.3) is 10.0 Å². The van der Waals surface area contributed by atoms with E-state index >= 15 is 0 Å². The summed E-state index contributed by atoms with van der Waals surface area (Å²) in [6.07, 6.45) is -2.77. The number of aliphatic carboxylic acids is 1. The van der Waals surface area contributed by atoms with Crippen molar-refractivity contribution in [1.82, 2.24) is 9.29 Å². The predicted molar refractivity (Wildman–Crippen MR) is 123 cm³/mol. The van der Waals surface area contributed by atoms with Crippen molar-refractivity contribution >= 4 is 38.2 Å². The second-order valence-electron chi connectivity index (χ2n) is 7.69. The fourth-order valence-corrected chi connectivity index (χ4v) is 6.19. The van der Waals surface area contributed by atoms with Gasteiger partial charge in [-0.3, -0.25) is 4.79 Å². The first-order valence-electron chi connectivity index (χ1n) is 10.0. The van der Waals surface area contributed by atoms with E-state index in [2.05, 4.69) is 4.72 Å². The molecule has 6 nitrogen and oxygen atoms in total. The van der Waals surface area contributed by atoms with Crippen molar-refractivity contribution < 1.29 is 31.5 Å². The number of carboxylic acids is 1. The number of nitrogens with zero attached hydrogens (tertiary/aromatic N) is 1. The fourth-order valence-electron chi connectivity index (χ4n) is 3.68. The molecule has 2 heterocycles. The van der Waals surface area contributed by atoms with Crippen LogP contribution in [0.3, 0.4) is 0 Å². The van der Waals surface area contributed by atoms with Crippen molar-refractivity contribution in [2.75, 3.05) is 0 Å². The standard InChI is InChI=1S/C23H19F3N2O4S2/c1-28-13-15(17-4-2-3-5-19(17)28)12-18(22(29)30)27-34(31,32)21-11-10-20(33-21)14-6-8-16(9-7-14)23(24,25)26/h2-11,13,18,27H,12H2,1H3,(H,29,30)/t18-/m0/s1. The van der Waals surface area contributed by atoms with Crippen molar-refractivity contribution in [3.05, 3.63) is 78.0 Å². The second-order valence-corrected chi connectivity index (χ2v) is 10.7. The molecular weight excluding hydrogens is 489 g/mol. The first kappa shape index (κ1) is 24.0. The highest BCUT2D eigenvalue weighted by Crippen LogP contribution is 2.34. The van der Waals surface area contributed by atoms with E-state index in [1.54, 1.807) is 6.20 Å². The maximum Gasteiger partial charge on any atom is 0.416 e. The molecule has 1 atom stereocenters. The lowest BCUT2D eigenvalue weighted by Gasteiger charge is -2.14. The molecule has 178 valence electrons. The zero-order chi connectivity index (χ0) is 24.7. The maximum atomic E-state index is 12.9. The summed E-state index contributed by atoms with van der Waals surface area (Å²) in [6, 6.07) is 13.1. The van der Waals surface area contributed by atoms with Crippen LogP contribution in [0.2, 0.25) is 0 Å². The quantitative estimate of drug-likeness (QED) is 0.372. The number of thiophene rings is 1. The van der Waals surface area contributed by atoms with E-state index in [0.717, 1.165) is 34.4 Å². The number of carboxylic acid groups (broad SMARTS) is 1. The van der Waals surface area contributed by atoms with Gasteiger partial charge in [0.1, 0.15) is 10.3 Å². The zero-order valence-corrected chi connectivity index (χ0v) is 19.3. The summed E-state index contributed by atoms with van der Waals surface area (Å²) < 4.78 is 68.1. The van der Waals surface area contributed by atoms with E-state index in [-0.39, 0.29) is 10.6 Å². The number of sulfonamides is 1. The van der Waals surface area contributed by atoms with Gasteiger partial charge in [0.15, 0.2) is 0 Å². The normalized spacial score (nSPS) is 13.3. The molecule has 11 heteroatoms. The molecule has 0 spiro atoms. The largest absolute Gasteiger partial charge is 0.480 e. The number of benzene rings is 2. The average Bonchev–Trinajstić information content (AvgIpc) is 3.39. The number of para-hydroxylation sites is 1. The Morgan fingerprint density at radius 3 is 2.41 bits per heavy atom. The van der Waals surface area contributed by atoms with Gasteiger partial charge in [-0.05, 0) is 41.5 Å². The Morgan fingerprint density at radius 1 is 1.09 bits per heavy atom. The van der Waals surface area contributed by atoms with Crippen molar-refractivity contribution in [2.24, 2.45) is 7.05 Å². The van der Waals surface area contributed by atoms with E-state index in [1.807, 2.05) is 35.9 Å². The zero-order valence-electron chi connectivity index (χ0n) is 17.7. The molecule has 0 aliphatic heterocycles. The molecule has 0 bridgehead atoms. The summed E-state index contributed by atoms with van der Waals surface area (Å²) in [5, 5.41) is 10.5. The van der Waals surface area contributed by atoms with Crippen LogP contribution in [0.25, 0.3) is 21.3 Å². The molecular formula is C23H19F3N2O4S2. The van der Waals surface area contributed by atoms with Crippen LogP contribution >= 0.6 is 11.3 Å². The molecule has 0 fully saturated rings. The molecule has 2 aromatic heterocycles. The maximum absolute atomic E-state index is 12.9. The highest BCUT2D eigenvalue weighted by atomic mass is 32.2. The second kappa shape index (κ2) is 8.90. The third-order valence-corrected chi connectivity index (χ3v) is 8.44. The number of halogens is 3. The van der Waals surface area contributed by atoms with Crippen molar-refractivity contribution in [2.45, 2.75) is 22.8 Å². The Bertz CT molecular complexity index is 1460. The average molecular weight is 509 g/mol. The molecule has 0 aliphatic rings. The van der Waals surface area contributed by atoms with Crippen LogP contribution < -0.4 is 4.72 Å². The number of carbonyl (C=O) groups is 1.